The summed E-state index contributed by atoms with van der Waals surface area (Å²) in [5.41, 5.74) is 5.65. The molecular weight excluding hydrogens is 442 g/mol. The van der Waals surface area contributed by atoms with Gasteiger partial charge in [-0.15, -0.1) is 5.10 Å². The van der Waals surface area contributed by atoms with E-state index in [1.54, 1.807) is 36.0 Å². The third kappa shape index (κ3) is 4.67. The monoisotopic (exact) mass is 465 g/mol. The summed E-state index contributed by atoms with van der Waals surface area (Å²) in [6.45, 7) is 2.66. The van der Waals surface area contributed by atoms with Gasteiger partial charge in [-0.3, -0.25) is 4.79 Å². The molecule has 0 radical (unpaired) electrons. The molecule has 1 aliphatic heterocycles. The van der Waals surface area contributed by atoms with Crippen LogP contribution in [0.3, 0.4) is 0 Å². The van der Waals surface area contributed by atoms with Crippen molar-refractivity contribution in [3.05, 3.63) is 107 Å². The molecule has 0 bridgehead atoms. The number of aromatic nitrogens is 3. The van der Waals surface area contributed by atoms with Crippen LogP contribution in [0.4, 0.5) is 11.4 Å². The van der Waals surface area contributed by atoms with E-state index in [0.29, 0.717) is 29.1 Å². The van der Waals surface area contributed by atoms with E-state index in [9.17, 15) is 9.59 Å². The number of ether oxygens (including phenoxy) is 1. The maximum absolute atomic E-state index is 13.1. The van der Waals surface area contributed by atoms with Gasteiger partial charge in [-0.05, 0) is 42.3 Å². The van der Waals surface area contributed by atoms with Gasteiger partial charge in [0.15, 0.2) is 0 Å². The van der Waals surface area contributed by atoms with Crippen LogP contribution in [0.2, 0.25) is 0 Å². The molecule has 0 saturated heterocycles. The molecule has 0 fully saturated rings. The number of carbonyl (C=O) groups is 2. The molecule has 3 aromatic carbocycles. The van der Waals surface area contributed by atoms with Gasteiger partial charge < -0.3 is 15.4 Å². The molecule has 2 N–H and O–H groups in total. The minimum absolute atomic E-state index is 0.241. The summed E-state index contributed by atoms with van der Waals surface area (Å²) in [5, 5.41) is 14.2. The van der Waals surface area contributed by atoms with E-state index in [-0.39, 0.29) is 12.5 Å². The van der Waals surface area contributed by atoms with Crippen molar-refractivity contribution in [1.82, 2.24) is 15.0 Å². The number of esters is 1. The van der Waals surface area contributed by atoms with Crippen molar-refractivity contribution in [2.45, 2.75) is 13.5 Å². The van der Waals surface area contributed by atoms with E-state index >= 15 is 0 Å². The Balaban J connectivity index is 1.51. The molecule has 0 atom stereocenters. The van der Waals surface area contributed by atoms with Crippen LogP contribution in [-0.4, -0.2) is 33.5 Å². The summed E-state index contributed by atoms with van der Waals surface area (Å²) in [7, 11) is 0. The van der Waals surface area contributed by atoms with Crippen molar-refractivity contribution in [3.63, 3.8) is 0 Å². The average Bonchev–Trinajstić information content (AvgIpc) is 3.50. The predicted molar refractivity (Wildman–Crippen MR) is 133 cm³/mol. The molecule has 1 aliphatic rings. The zero-order valence-electron chi connectivity index (χ0n) is 19.1. The zero-order valence-corrected chi connectivity index (χ0v) is 19.1. The van der Waals surface area contributed by atoms with E-state index in [1.165, 1.54) is 0 Å². The molecular formula is C27H23N5O3. The Morgan fingerprint density at radius 2 is 1.83 bits per heavy atom. The van der Waals surface area contributed by atoms with Crippen molar-refractivity contribution in [3.8, 4) is 0 Å². The van der Waals surface area contributed by atoms with Crippen molar-refractivity contribution in [2.75, 3.05) is 17.2 Å². The van der Waals surface area contributed by atoms with Crippen LogP contribution in [0.25, 0.3) is 11.3 Å². The van der Waals surface area contributed by atoms with Gasteiger partial charge in [-0.25, -0.2) is 9.48 Å². The van der Waals surface area contributed by atoms with Gasteiger partial charge in [-0.1, -0.05) is 53.7 Å². The molecule has 8 nitrogen and oxygen atoms in total. The van der Waals surface area contributed by atoms with Crippen molar-refractivity contribution in [1.29, 1.82) is 0 Å². The van der Waals surface area contributed by atoms with Crippen LogP contribution in [0, 0.1) is 0 Å². The van der Waals surface area contributed by atoms with Crippen LogP contribution >= 0.6 is 0 Å². The largest absolute Gasteiger partial charge is 0.462 e. The van der Waals surface area contributed by atoms with Crippen LogP contribution < -0.4 is 10.6 Å². The first-order valence-corrected chi connectivity index (χ1v) is 11.2. The molecule has 2 heterocycles. The topological polar surface area (TPSA) is 98.1 Å². The number of anilines is 2. The Hall–Kier alpha value is -4.72. The fourth-order valence-corrected chi connectivity index (χ4v) is 3.99. The van der Waals surface area contributed by atoms with E-state index in [0.717, 1.165) is 22.4 Å². The molecule has 5 rings (SSSR count). The maximum atomic E-state index is 13.1. The Morgan fingerprint density at radius 1 is 1.03 bits per heavy atom. The zero-order chi connectivity index (χ0) is 24.2. The fourth-order valence-electron chi connectivity index (χ4n) is 3.99. The lowest BCUT2D eigenvalue weighted by atomic mass is 9.99. The lowest BCUT2D eigenvalue weighted by Gasteiger charge is -2.15. The van der Waals surface area contributed by atoms with Gasteiger partial charge in [0.25, 0.3) is 5.91 Å². The highest BCUT2D eigenvalue weighted by molar-refractivity contribution is 6.37. The molecule has 1 aromatic heterocycles. The number of hydrogen-bond acceptors (Lipinski definition) is 6. The summed E-state index contributed by atoms with van der Waals surface area (Å²) in [4.78, 5) is 25.3. The average molecular weight is 466 g/mol. The minimum atomic E-state index is -0.422. The normalized spacial score (nSPS) is 13.7. The smallest absolute Gasteiger partial charge is 0.338 e. The Kier molecular flexibility index (Phi) is 6.09. The first kappa shape index (κ1) is 22.1. The second kappa shape index (κ2) is 9.64. The van der Waals surface area contributed by atoms with Crippen molar-refractivity contribution in [2.24, 2.45) is 0 Å². The minimum Gasteiger partial charge on any atom is -0.462 e. The highest BCUT2D eigenvalue weighted by Crippen LogP contribution is 2.38. The first-order chi connectivity index (χ1) is 17.1. The van der Waals surface area contributed by atoms with E-state index in [4.69, 9.17) is 4.74 Å². The number of hydrogen-bond donors (Lipinski definition) is 2. The van der Waals surface area contributed by atoms with Crippen molar-refractivity contribution >= 4 is 34.5 Å². The van der Waals surface area contributed by atoms with Gasteiger partial charge >= 0.3 is 5.97 Å². The highest BCUT2D eigenvalue weighted by atomic mass is 16.5. The second-order valence-corrected chi connectivity index (χ2v) is 7.97. The van der Waals surface area contributed by atoms with E-state index in [1.807, 2.05) is 60.8 Å². The van der Waals surface area contributed by atoms with Crippen LogP contribution in [0.1, 0.15) is 34.0 Å². The number of nitrogens with one attached hydrogen (secondary N) is 2. The lowest BCUT2D eigenvalue weighted by molar-refractivity contribution is -0.110. The first-order valence-electron chi connectivity index (χ1n) is 11.2. The van der Waals surface area contributed by atoms with Gasteiger partial charge in [0.2, 0.25) is 0 Å². The maximum Gasteiger partial charge on any atom is 0.338 e. The molecule has 174 valence electrons. The Morgan fingerprint density at radius 3 is 2.54 bits per heavy atom. The van der Waals surface area contributed by atoms with E-state index < -0.39 is 5.97 Å². The molecule has 0 saturated carbocycles. The molecule has 4 aromatic rings. The number of amides is 1. The molecule has 8 heteroatoms. The standard InChI is InChI=1S/C27H23N5O3/c1-2-35-27(34)20-10-13-22-23(16-20)30-26(33)24(22)25(19-6-4-3-5-7-19)29-21-11-8-18(9-12-21)17-32-15-14-28-31-32/h3-16,29H,2,17H2,1H3,(H,30,33). The molecule has 0 unspecified atom stereocenters. The Labute approximate surface area is 202 Å². The number of fused-ring (bicyclic) bond motifs is 1. The fraction of sp³-hybridized carbons (Fsp3) is 0.111. The quantitative estimate of drug-likeness (QED) is 0.309. The van der Waals surface area contributed by atoms with Crippen LogP contribution in [-0.2, 0) is 16.1 Å². The number of carbonyl (C=O) groups excluding carboxylic acids is 2. The number of benzene rings is 3. The summed E-state index contributed by atoms with van der Waals surface area (Å²) in [5.74, 6) is -0.662. The summed E-state index contributed by atoms with van der Waals surface area (Å²) >= 11 is 0. The Bertz CT molecular complexity index is 1390. The molecule has 35 heavy (non-hydrogen) atoms. The number of nitrogens with zero attached hydrogens (tertiary/aromatic N) is 3. The van der Waals surface area contributed by atoms with Gasteiger partial charge in [-0.2, -0.15) is 0 Å². The summed E-state index contributed by atoms with van der Waals surface area (Å²) in [6.07, 6.45) is 3.46. The third-order valence-corrected chi connectivity index (χ3v) is 5.63. The SMILES string of the molecule is CCOC(=O)c1ccc2c(c1)NC(=O)C2=C(Nc1ccc(Cn2ccnn2)cc1)c1ccccc1. The van der Waals surface area contributed by atoms with Crippen LogP contribution in [0.5, 0.6) is 0 Å². The van der Waals surface area contributed by atoms with Gasteiger partial charge in [0.05, 0.1) is 41.9 Å². The third-order valence-electron chi connectivity index (χ3n) is 5.63. The van der Waals surface area contributed by atoms with Gasteiger partial charge in [0, 0.05) is 17.4 Å². The van der Waals surface area contributed by atoms with E-state index in [2.05, 4.69) is 20.9 Å². The second-order valence-electron chi connectivity index (χ2n) is 7.97. The molecule has 0 spiro atoms. The highest BCUT2D eigenvalue weighted by Gasteiger charge is 2.29. The van der Waals surface area contributed by atoms with Crippen molar-refractivity contribution < 1.29 is 14.3 Å². The lowest BCUT2D eigenvalue weighted by Crippen LogP contribution is -2.10. The van der Waals surface area contributed by atoms with Crippen LogP contribution in [0.15, 0.2) is 85.2 Å². The predicted octanol–water partition coefficient (Wildman–Crippen LogP) is 4.44. The summed E-state index contributed by atoms with van der Waals surface area (Å²) in [6, 6.07) is 22.7. The molecule has 0 aliphatic carbocycles. The molecule has 1 amide bonds. The number of rotatable bonds is 7. The van der Waals surface area contributed by atoms with Gasteiger partial charge in [0.1, 0.15) is 0 Å². The summed E-state index contributed by atoms with van der Waals surface area (Å²) < 4.78 is 6.85.